The van der Waals surface area contributed by atoms with Gasteiger partial charge in [0.15, 0.2) is 0 Å². The third kappa shape index (κ3) is 5.53. The summed E-state index contributed by atoms with van der Waals surface area (Å²) in [6, 6.07) is 0. The van der Waals surface area contributed by atoms with E-state index in [1.165, 1.54) is 6.92 Å². The number of hydrogen-bond donors (Lipinski definition) is 0. The molecule has 0 spiro atoms. The van der Waals surface area contributed by atoms with Crippen molar-refractivity contribution in [1.82, 2.24) is 0 Å². The third-order valence-electron chi connectivity index (χ3n) is 1.49. The predicted molar refractivity (Wildman–Crippen MR) is 55.6 cm³/mol. The van der Waals surface area contributed by atoms with Crippen LogP contribution in [-0.2, 0) is 18.4 Å². The Morgan fingerprint density at radius 2 is 1.93 bits per heavy atom. The highest BCUT2D eigenvalue weighted by atomic mass is 31.2. The van der Waals surface area contributed by atoms with Gasteiger partial charge in [0.2, 0.25) is 0 Å². The molecule has 0 saturated carbocycles. The molecule has 5 heteroatoms. The number of carbonyl (C=O) groups excluding carboxylic acids is 1. The van der Waals surface area contributed by atoms with Crippen molar-refractivity contribution in [3.05, 3.63) is 0 Å². The van der Waals surface area contributed by atoms with E-state index in [9.17, 15) is 9.36 Å². The van der Waals surface area contributed by atoms with E-state index in [1.807, 2.05) is 0 Å². The lowest BCUT2D eigenvalue weighted by molar-refractivity contribution is -0.117. The Labute approximate surface area is 91.1 Å². The summed E-state index contributed by atoms with van der Waals surface area (Å²) in [7, 11) is -1.28. The first-order valence-electron chi connectivity index (χ1n) is 6.41. The van der Waals surface area contributed by atoms with Crippen LogP contribution in [0.2, 0.25) is 0 Å². The van der Waals surface area contributed by atoms with Crippen LogP contribution in [0.15, 0.2) is 0 Å². The Kier molecular flexibility index (Phi) is 4.10. The number of hydrogen-bond acceptors (Lipinski definition) is 4. The van der Waals surface area contributed by atoms with Gasteiger partial charge in [0, 0.05) is 26.1 Å². The molecule has 0 radical (unpaired) electrons. The zero-order valence-electron chi connectivity index (χ0n) is 12.6. The van der Waals surface area contributed by atoms with Gasteiger partial charge in [-0.2, -0.15) is 0 Å². The summed E-state index contributed by atoms with van der Waals surface area (Å²) in [6.07, 6.45) is -5.51. The zero-order valence-corrected chi connectivity index (χ0v) is 9.49. The summed E-state index contributed by atoms with van der Waals surface area (Å²) in [5, 5.41) is 0. The van der Waals surface area contributed by atoms with Crippen LogP contribution in [0.4, 0.5) is 0 Å². The largest absolute Gasteiger partial charge is 0.337 e. The first-order chi connectivity index (χ1) is 8.18. The zero-order chi connectivity index (χ0) is 14.5. The molecular formula is C9H19O4P. The maximum absolute atomic E-state index is 11.7. The predicted octanol–water partition coefficient (Wildman–Crippen LogP) is 2.62. The summed E-state index contributed by atoms with van der Waals surface area (Å²) >= 11 is 0. The molecule has 4 nitrogen and oxygen atoms in total. The number of ketones is 1. The molecule has 4 unspecified atom stereocenters. The highest BCUT2D eigenvalue weighted by Gasteiger charge is 2.24. The van der Waals surface area contributed by atoms with E-state index in [-0.39, 0.29) is 0 Å². The summed E-state index contributed by atoms with van der Waals surface area (Å²) in [6.45, 7) is 1.42. The van der Waals surface area contributed by atoms with E-state index < -0.39 is 45.1 Å². The van der Waals surface area contributed by atoms with Crippen LogP contribution in [-0.4, -0.2) is 26.2 Å². The van der Waals surface area contributed by atoms with Crippen LogP contribution in [0.5, 0.6) is 0 Å². The standard InChI is InChI=1S/C9H19O4P/c1-4-5-6-7-9(10)8-14(11,12-2)13-3/h4-8H2,1-3H3/i4D,5D,6D,7D. The second-order valence-corrected chi connectivity index (χ2v) is 4.75. The van der Waals surface area contributed by atoms with Crippen molar-refractivity contribution < 1.29 is 23.9 Å². The fraction of sp³-hybridized carbons (Fsp3) is 0.889. The monoisotopic (exact) mass is 226 g/mol. The summed E-state index contributed by atoms with van der Waals surface area (Å²) in [5.41, 5.74) is 0. The molecule has 0 aliphatic rings. The fourth-order valence-electron chi connectivity index (χ4n) is 0.721. The molecule has 0 saturated heterocycles. The molecule has 0 bridgehead atoms. The quantitative estimate of drug-likeness (QED) is 0.597. The molecule has 0 heterocycles. The van der Waals surface area contributed by atoms with Crippen molar-refractivity contribution in [1.29, 1.82) is 0 Å². The van der Waals surface area contributed by atoms with Crippen molar-refractivity contribution in [3.8, 4) is 0 Å². The molecular weight excluding hydrogens is 203 g/mol. The number of rotatable bonds is 8. The van der Waals surface area contributed by atoms with Crippen LogP contribution in [0.25, 0.3) is 0 Å². The molecule has 0 N–H and O–H groups in total. The molecule has 84 valence electrons. The van der Waals surface area contributed by atoms with Gasteiger partial charge >= 0.3 is 7.60 Å². The lowest BCUT2D eigenvalue weighted by Crippen LogP contribution is -2.07. The molecule has 0 rings (SSSR count). The molecule has 14 heavy (non-hydrogen) atoms. The molecule has 0 aromatic carbocycles. The lowest BCUT2D eigenvalue weighted by Gasteiger charge is -2.12. The van der Waals surface area contributed by atoms with Gasteiger partial charge in [-0.05, 0) is 6.40 Å². The van der Waals surface area contributed by atoms with Crippen LogP contribution in [0.3, 0.4) is 0 Å². The van der Waals surface area contributed by atoms with E-state index in [4.69, 9.17) is 5.48 Å². The highest BCUT2D eigenvalue weighted by molar-refractivity contribution is 7.54. The van der Waals surface area contributed by atoms with Crippen molar-refractivity contribution in [2.45, 2.75) is 32.5 Å². The second-order valence-electron chi connectivity index (χ2n) is 2.49. The van der Waals surface area contributed by atoms with Gasteiger partial charge < -0.3 is 9.05 Å². The van der Waals surface area contributed by atoms with E-state index >= 15 is 0 Å². The Morgan fingerprint density at radius 1 is 1.36 bits per heavy atom. The van der Waals surface area contributed by atoms with E-state index in [2.05, 4.69) is 9.05 Å². The average molecular weight is 226 g/mol. The molecule has 0 aromatic heterocycles. The van der Waals surface area contributed by atoms with Crippen LogP contribution in [0.1, 0.15) is 38.0 Å². The Balaban J connectivity index is 4.66. The third-order valence-corrected chi connectivity index (χ3v) is 3.30. The summed E-state index contributed by atoms with van der Waals surface area (Å²) in [4.78, 5) is 11.7. The Morgan fingerprint density at radius 3 is 2.36 bits per heavy atom. The number of Topliss-reactive ketones (excluding diaryl/α,β-unsaturated/α-hetero) is 1. The minimum Gasteiger partial charge on any atom is -0.312 e. The van der Waals surface area contributed by atoms with Crippen molar-refractivity contribution in [3.63, 3.8) is 0 Å². The molecule has 0 fully saturated rings. The van der Waals surface area contributed by atoms with Crippen LogP contribution >= 0.6 is 7.60 Å². The highest BCUT2D eigenvalue weighted by Crippen LogP contribution is 2.46. The van der Waals surface area contributed by atoms with Gasteiger partial charge in [0.05, 0.1) is 0 Å². The molecule has 0 aromatic rings. The van der Waals surface area contributed by atoms with E-state index in [0.29, 0.717) is 0 Å². The lowest BCUT2D eigenvalue weighted by atomic mass is 10.2. The van der Waals surface area contributed by atoms with Crippen molar-refractivity contribution in [2.24, 2.45) is 0 Å². The van der Waals surface area contributed by atoms with Gasteiger partial charge in [-0.25, -0.2) is 0 Å². The molecule has 4 atom stereocenters. The number of carbonyl (C=O) groups is 1. The maximum Gasteiger partial charge on any atom is 0.337 e. The SMILES string of the molecule is [2H]C(C)C([2H])C([2H])C([2H])C(=O)CP(=O)(OC)OC. The first-order valence-corrected chi connectivity index (χ1v) is 5.83. The minimum atomic E-state index is -3.55. The van der Waals surface area contributed by atoms with Gasteiger partial charge in [-0.3, -0.25) is 9.36 Å². The normalized spacial score (nSPS) is 24.8. The van der Waals surface area contributed by atoms with Gasteiger partial charge in [0.1, 0.15) is 11.9 Å². The molecule has 0 aliphatic carbocycles. The topological polar surface area (TPSA) is 52.6 Å². The Bertz CT molecular complexity index is 318. The van der Waals surface area contributed by atoms with Crippen LogP contribution < -0.4 is 0 Å². The Hall–Kier alpha value is -0.180. The molecule has 0 amide bonds. The van der Waals surface area contributed by atoms with Gasteiger partial charge in [0.25, 0.3) is 0 Å². The first kappa shape index (κ1) is 8.03. The summed E-state index contributed by atoms with van der Waals surface area (Å²) < 4.78 is 50.8. The minimum absolute atomic E-state index is 0.595. The van der Waals surface area contributed by atoms with Crippen molar-refractivity contribution in [2.75, 3.05) is 20.4 Å². The van der Waals surface area contributed by atoms with E-state index in [1.54, 1.807) is 0 Å². The fourth-order valence-corrected chi connectivity index (χ4v) is 1.62. The smallest absolute Gasteiger partial charge is 0.312 e. The van der Waals surface area contributed by atoms with Gasteiger partial charge in [-0.1, -0.05) is 19.7 Å². The average Bonchev–Trinajstić information content (AvgIpc) is 2.35. The van der Waals surface area contributed by atoms with E-state index in [0.717, 1.165) is 14.2 Å². The van der Waals surface area contributed by atoms with Crippen LogP contribution in [0, 0.1) is 0 Å². The van der Waals surface area contributed by atoms with Gasteiger partial charge in [-0.15, -0.1) is 0 Å². The second kappa shape index (κ2) is 7.16. The van der Waals surface area contributed by atoms with Crippen molar-refractivity contribution >= 4 is 13.4 Å². The molecule has 0 aliphatic heterocycles. The maximum atomic E-state index is 11.7. The summed E-state index contributed by atoms with van der Waals surface area (Å²) in [5.74, 6) is -0.778.